The lowest BCUT2D eigenvalue weighted by Crippen LogP contribution is -2.29. The Bertz CT molecular complexity index is 872. The summed E-state index contributed by atoms with van der Waals surface area (Å²) in [4.78, 5) is 30.6. The first kappa shape index (κ1) is 22.4. The summed E-state index contributed by atoms with van der Waals surface area (Å²) in [5, 5.41) is 4.01. The maximum absolute atomic E-state index is 12.9. The van der Waals surface area contributed by atoms with Crippen LogP contribution in [-0.2, 0) is 9.63 Å². The number of oxime groups is 1. The van der Waals surface area contributed by atoms with E-state index in [4.69, 9.17) is 14.3 Å². The topological polar surface area (TPSA) is 74.2 Å². The van der Waals surface area contributed by atoms with E-state index in [0.29, 0.717) is 28.4 Å². The Labute approximate surface area is 172 Å². The number of hydrogen-bond acceptors (Lipinski definition) is 6. The van der Waals surface area contributed by atoms with Gasteiger partial charge >= 0.3 is 5.97 Å². The van der Waals surface area contributed by atoms with Gasteiger partial charge in [-0.1, -0.05) is 46.7 Å². The summed E-state index contributed by atoms with van der Waals surface area (Å²) in [6.07, 6.45) is 3.35. The third-order valence-electron chi connectivity index (χ3n) is 4.55. The molecule has 0 unspecified atom stereocenters. The van der Waals surface area contributed by atoms with Crippen LogP contribution in [0.1, 0.15) is 51.9 Å². The number of carbonyl (C=O) groups is 2. The minimum Gasteiger partial charge on any atom is -0.497 e. The molecule has 0 N–H and O–H groups in total. The van der Waals surface area contributed by atoms with Gasteiger partial charge < -0.3 is 14.3 Å². The molecule has 0 aliphatic heterocycles. The molecule has 6 heteroatoms. The van der Waals surface area contributed by atoms with Crippen LogP contribution in [0.5, 0.6) is 11.5 Å². The first-order valence-corrected chi connectivity index (χ1v) is 9.39. The SMILES string of the molecule is COc1ccc(C(=O)ON=C2C=C(C(C)(C)C)C(=O)C(C(C)(C)C)=C2)c(OC)c1. The Morgan fingerprint density at radius 2 is 1.45 bits per heavy atom. The summed E-state index contributed by atoms with van der Waals surface area (Å²) in [7, 11) is 2.99. The predicted molar refractivity (Wildman–Crippen MR) is 112 cm³/mol. The number of rotatable bonds is 4. The molecule has 0 radical (unpaired) electrons. The summed E-state index contributed by atoms with van der Waals surface area (Å²) < 4.78 is 10.4. The van der Waals surface area contributed by atoms with E-state index in [1.54, 1.807) is 30.4 Å². The van der Waals surface area contributed by atoms with Crippen molar-refractivity contribution in [1.82, 2.24) is 0 Å². The number of nitrogens with zero attached hydrogens (tertiary/aromatic N) is 1. The summed E-state index contributed by atoms with van der Waals surface area (Å²) >= 11 is 0. The number of Topliss-reactive ketones (excluding diaryl/α,β-unsaturated/α-hetero) is 1. The highest BCUT2D eigenvalue weighted by Gasteiger charge is 2.34. The molecule has 0 atom stereocenters. The highest BCUT2D eigenvalue weighted by Crippen LogP contribution is 2.37. The Kier molecular flexibility index (Phi) is 6.36. The summed E-state index contributed by atoms with van der Waals surface area (Å²) in [6.45, 7) is 11.8. The Morgan fingerprint density at radius 3 is 1.90 bits per heavy atom. The van der Waals surface area contributed by atoms with E-state index in [9.17, 15) is 9.59 Å². The quantitative estimate of drug-likeness (QED) is 0.415. The Hall–Kier alpha value is -2.89. The van der Waals surface area contributed by atoms with E-state index in [0.717, 1.165) is 0 Å². The number of benzene rings is 1. The molecule has 0 fully saturated rings. The average molecular weight is 399 g/mol. The van der Waals surface area contributed by atoms with Gasteiger partial charge in [-0.15, -0.1) is 0 Å². The highest BCUT2D eigenvalue weighted by molar-refractivity contribution is 6.22. The first-order valence-electron chi connectivity index (χ1n) is 9.39. The van der Waals surface area contributed by atoms with Gasteiger partial charge in [0.25, 0.3) is 0 Å². The van der Waals surface area contributed by atoms with E-state index in [1.165, 1.54) is 14.2 Å². The van der Waals surface area contributed by atoms with Gasteiger partial charge in [-0.2, -0.15) is 0 Å². The molecule has 0 heterocycles. The minimum absolute atomic E-state index is 0.00731. The number of allylic oxidation sites excluding steroid dienone is 4. The molecule has 1 aromatic rings. The second-order valence-corrected chi connectivity index (χ2v) is 8.91. The normalized spacial score (nSPS) is 14.8. The molecular weight excluding hydrogens is 370 g/mol. The van der Waals surface area contributed by atoms with Crippen LogP contribution in [0.15, 0.2) is 46.7 Å². The molecule has 0 bridgehead atoms. The Balaban J connectivity index is 2.39. The maximum Gasteiger partial charge on any atom is 0.369 e. The third-order valence-corrected chi connectivity index (χ3v) is 4.55. The fourth-order valence-corrected chi connectivity index (χ4v) is 2.89. The molecule has 156 valence electrons. The smallest absolute Gasteiger partial charge is 0.369 e. The van der Waals surface area contributed by atoms with Crippen molar-refractivity contribution >= 4 is 17.5 Å². The van der Waals surface area contributed by atoms with Crippen LogP contribution in [0.2, 0.25) is 0 Å². The van der Waals surface area contributed by atoms with Crippen LogP contribution in [0, 0.1) is 10.8 Å². The summed E-state index contributed by atoms with van der Waals surface area (Å²) in [5.41, 5.74) is 1.16. The average Bonchev–Trinajstić information content (AvgIpc) is 2.64. The number of methoxy groups -OCH3 is 2. The van der Waals surface area contributed by atoms with Crippen LogP contribution in [0.4, 0.5) is 0 Å². The van der Waals surface area contributed by atoms with Crippen molar-refractivity contribution in [1.29, 1.82) is 0 Å². The highest BCUT2D eigenvalue weighted by atomic mass is 16.7. The van der Waals surface area contributed by atoms with Crippen LogP contribution in [0.25, 0.3) is 0 Å². The van der Waals surface area contributed by atoms with Crippen molar-refractivity contribution in [3.63, 3.8) is 0 Å². The third kappa shape index (κ3) is 5.13. The van der Waals surface area contributed by atoms with Gasteiger partial charge in [0.1, 0.15) is 22.8 Å². The summed E-state index contributed by atoms with van der Waals surface area (Å²) in [5.74, 6) is 0.216. The van der Waals surface area contributed by atoms with Gasteiger partial charge in [-0.3, -0.25) is 4.79 Å². The largest absolute Gasteiger partial charge is 0.497 e. The van der Waals surface area contributed by atoms with E-state index < -0.39 is 5.97 Å². The molecule has 0 aromatic heterocycles. The predicted octanol–water partition coefficient (Wildman–Crippen LogP) is 4.74. The van der Waals surface area contributed by atoms with Gasteiger partial charge in [0.2, 0.25) is 0 Å². The Morgan fingerprint density at radius 1 is 0.897 bits per heavy atom. The van der Waals surface area contributed by atoms with Crippen molar-refractivity contribution in [2.45, 2.75) is 41.5 Å². The van der Waals surface area contributed by atoms with Crippen molar-refractivity contribution in [2.24, 2.45) is 16.0 Å². The van der Waals surface area contributed by atoms with Crippen molar-refractivity contribution in [2.75, 3.05) is 14.2 Å². The van der Waals surface area contributed by atoms with Crippen molar-refractivity contribution < 1.29 is 23.9 Å². The molecule has 6 nitrogen and oxygen atoms in total. The van der Waals surface area contributed by atoms with Gasteiger partial charge in [0, 0.05) is 17.2 Å². The second-order valence-electron chi connectivity index (χ2n) is 8.91. The van der Waals surface area contributed by atoms with E-state index >= 15 is 0 Å². The molecule has 29 heavy (non-hydrogen) atoms. The van der Waals surface area contributed by atoms with Crippen LogP contribution in [0.3, 0.4) is 0 Å². The standard InChI is InChI=1S/C23H29NO5/c1-22(2,3)17-11-14(12-18(20(17)25)23(4,5)6)24-29-21(26)16-10-9-15(27-7)13-19(16)28-8/h9-13H,1-8H3. The van der Waals surface area contributed by atoms with E-state index in [1.807, 2.05) is 41.5 Å². The van der Waals surface area contributed by atoms with Crippen LogP contribution >= 0.6 is 0 Å². The van der Waals surface area contributed by atoms with Crippen LogP contribution < -0.4 is 9.47 Å². The minimum atomic E-state index is -0.662. The molecular formula is C23H29NO5. The van der Waals surface area contributed by atoms with E-state index in [-0.39, 0.29) is 22.2 Å². The van der Waals surface area contributed by atoms with Gasteiger partial charge in [0.15, 0.2) is 5.78 Å². The lowest BCUT2D eigenvalue weighted by molar-refractivity contribution is -0.114. The maximum atomic E-state index is 12.9. The lowest BCUT2D eigenvalue weighted by atomic mass is 9.72. The zero-order valence-electron chi connectivity index (χ0n) is 18.4. The number of hydrogen-bond donors (Lipinski definition) is 0. The summed E-state index contributed by atoms with van der Waals surface area (Å²) in [6, 6.07) is 4.79. The fraction of sp³-hybridized carbons (Fsp3) is 0.435. The van der Waals surface area contributed by atoms with E-state index in [2.05, 4.69) is 5.16 Å². The van der Waals surface area contributed by atoms with Crippen molar-refractivity contribution in [3.8, 4) is 11.5 Å². The van der Waals surface area contributed by atoms with Gasteiger partial charge in [0.05, 0.1) is 14.2 Å². The second kappa shape index (κ2) is 8.23. The van der Waals surface area contributed by atoms with Crippen molar-refractivity contribution in [3.05, 3.63) is 47.1 Å². The fourth-order valence-electron chi connectivity index (χ4n) is 2.89. The molecule has 0 saturated heterocycles. The molecule has 0 amide bonds. The van der Waals surface area contributed by atoms with Crippen LogP contribution in [-0.4, -0.2) is 31.7 Å². The number of carbonyl (C=O) groups excluding carboxylic acids is 2. The number of ketones is 1. The number of ether oxygens (including phenoxy) is 2. The molecule has 2 rings (SSSR count). The zero-order chi connectivity index (χ0) is 22.0. The zero-order valence-corrected chi connectivity index (χ0v) is 18.4. The molecule has 0 spiro atoms. The molecule has 1 aliphatic carbocycles. The monoisotopic (exact) mass is 399 g/mol. The molecule has 1 aromatic carbocycles. The lowest BCUT2D eigenvalue weighted by Gasteiger charge is -2.30. The molecule has 0 saturated carbocycles. The first-order chi connectivity index (χ1) is 13.4. The van der Waals surface area contributed by atoms with Gasteiger partial charge in [-0.25, -0.2) is 4.79 Å². The molecule has 1 aliphatic rings. The van der Waals surface area contributed by atoms with Gasteiger partial charge in [-0.05, 0) is 35.1 Å².